The lowest BCUT2D eigenvalue weighted by atomic mass is 10.1. The van der Waals surface area contributed by atoms with Crippen LogP contribution in [0.3, 0.4) is 0 Å². The number of hydrogen-bond donors (Lipinski definition) is 0. The van der Waals surface area contributed by atoms with Gasteiger partial charge in [0.25, 0.3) is 0 Å². The van der Waals surface area contributed by atoms with E-state index in [0.29, 0.717) is 13.1 Å². The molecular formula is C15H18BrN3O2. The number of amides is 1. The Bertz CT molecular complexity index is 703. The number of carbonyl (C=O) groups excluding carboxylic acids is 1. The smallest absolute Gasteiger partial charge is 0.410 e. The summed E-state index contributed by atoms with van der Waals surface area (Å²) in [7, 11) is 0. The molecule has 0 N–H and O–H groups in total. The summed E-state index contributed by atoms with van der Waals surface area (Å²) >= 11 is 3.48. The van der Waals surface area contributed by atoms with E-state index in [1.165, 1.54) is 5.69 Å². The van der Waals surface area contributed by atoms with E-state index in [-0.39, 0.29) is 6.09 Å². The van der Waals surface area contributed by atoms with Crippen LogP contribution in [-0.2, 0) is 17.7 Å². The van der Waals surface area contributed by atoms with Crippen molar-refractivity contribution in [1.29, 1.82) is 0 Å². The normalized spacial score (nSPS) is 15.1. The van der Waals surface area contributed by atoms with Crippen LogP contribution in [0.25, 0.3) is 5.65 Å². The standard InChI is InChI=1S/C15H18BrN3O2/c1-15(2,3)21-14(20)18-7-6-12-11(9-18)17-13-5-4-10(16)8-19(12)13/h4-5,8H,6-7,9H2,1-3H3. The third-order valence-corrected chi connectivity index (χ3v) is 3.84. The average Bonchev–Trinajstić information content (AvgIpc) is 2.73. The summed E-state index contributed by atoms with van der Waals surface area (Å²) in [6.45, 7) is 6.79. The van der Waals surface area contributed by atoms with Gasteiger partial charge in [-0.15, -0.1) is 0 Å². The van der Waals surface area contributed by atoms with Crippen molar-refractivity contribution < 1.29 is 9.53 Å². The Labute approximate surface area is 132 Å². The molecule has 2 aromatic rings. The summed E-state index contributed by atoms with van der Waals surface area (Å²) < 4.78 is 8.54. The van der Waals surface area contributed by atoms with Gasteiger partial charge >= 0.3 is 6.09 Å². The Morgan fingerprint density at radius 2 is 2.14 bits per heavy atom. The highest BCUT2D eigenvalue weighted by Gasteiger charge is 2.28. The van der Waals surface area contributed by atoms with Gasteiger partial charge in [-0.2, -0.15) is 0 Å². The summed E-state index contributed by atoms with van der Waals surface area (Å²) in [6, 6.07) is 3.94. The Balaban J connectivity index is 1.86. The molecule has 0 unspecified atom stereocenters. The molecule has 0 saturated heterocycles. The molecule has 5 nitrogen and oxygen atoms in total. The maximum Gasteiger partial charge on any atom is 0.410 e. The number of carbonyl (C=O) groups is 1. The van der Waals surface area contributed by atoms with Gasteiger partial charge in [0.2, 0.25) is 0 Å². The molecule has 21 heavy (non-hydrogen) atoms. The minimum atomic E-state index is -0.471. The molecule has 6 heteroatoms. The molecule has 1 aliphatic heterocycles. The van der Waals surface area contributed by atoms with E-state index in [1.54, 1.807) is 4.90 Å². The van der Waals surface area contributed by atoms with Gasteiger partial charge in [0.05, 0.1) is 12.2 Å². The third kappa shape index (κ3) is 2.90. The van der Waals surface area contributed by atoms with Crippen molar-refractivity contribution in [3.05, 3.63) is 34.2 Å². The van der Waals surface area contributed by atoms with Gasteiger partial charge < -0.3 is 14.0 Å². The quantitative estimate of drug-likeness (QED) is 0.730. The van der Waals surface area contributed by atoms with Crippen molar-refractivity contribution >= 4 is 27.7 Å². The lowest BCUT2D eigenvalue weighted by Crippen LogP contribution is -2.40. The van der Waals surface area contributed by atoms with Gasteiger partial charge in [-0.05, 0) is 48.8 Å². The Morgan fingerprint density at radius 1 is 1.38 bits per heavy atom. The van der Waals surface area contributed by atoms with Gasteiger partial charge in [0.15, 0.2) is 0 Å². The molecule has 3 rings (SSSR count). The second kappa shape index (κ2) is 5.02. The predicted octanol–water partition coefficient (Wildman–Crippen LogP) is 3.39. The van der Waals surface area contributed by atoms with Crippen LogP contribution in [0.5, 0.6) is 0 Å². The summed E-state index contributed by atoms with van der Waals surface area (Å²) in [5.74, 6) is 0. The van der Waals surface area contributed by atoms with Crippen LogP contribution < -0.4 is 0 Å². The lowest BCUT2D eigenvalue weighted by molar-refractivity contribution is 0.0220. The molecule has 0 atom stereocenters. The van der Waals surface area contributed by atoms with E-state index >= 15 is 0 Å². The topological polar surface area (TPSA) is 46.8 Å². The van der Waals surface area contributed by atoms with Crippen molar-refractivity contribution in [1.82, 2.24) is 14.3 Å². The van der Waals surface area contributed by atoms with E-state index < -0.39 is 5.60 Å². The lowest BCUT2D eigenvalue weighted by Gasteiger charge is -2.29. The molecule has 2 aromatic heterocycles. The fraction of sp³-hybridized carbons (Fsp3) is 0.467. The molecule has 3 heterocycles. The Kier molecular flexibility index (Phi) is 3.43. The molecule has 1 aliphatic rings. The van der Waals surface area contributed by atoms with Crippen LogP contribution in [0, 0.1) is 0 Å². The molecule has 112 valence electrons. The molecule has 0 bridgehead atoms. The third-order valence-electron chi connectivity index (χ3n) is 3.38. The zero-order valence-corrected chi connectivity index (χ0v) is 14.0. The molecule has 0 aliphatic carbocycles. The zero-order valence-electron chi connectivity index (χ0n) is 12.4. The van der Waals surface area contributed by atoms with E-state index in [1.807, 2.05) is 39.1 Å². The maximum atomic E-state index is 12.2. The van der Waals surface area contributed by atoms with E-state index in [9.17, 15) is 4.79 Å². The van der Waals surface area contributed by atoms with Crippen LogP contribution in [0.15, 0.2) is 22.8 Å². The maximum absolute atomic E-state index is 12.2. The van der Waals surface area contributed by atoms with Gasteiger partial charge in [-0.3, -0.25) is 0 Å². The number of pyridine rings is 1. The Hall–Kier alpha value is -1.56. The molecule has 0 aromatic carbocycles. The minimum absolute atomic E-state index is 0.272. The number of aromatic nitrogens is 2. The number of nitrogens with zero attached hydrogens (tertiary/aromatic N) is 3. The van der Waals surface area contributed by atoms with Gasteiger partial charge in [0.1, 0.15) is 11.2 Å². The van der Waals surface area contributed by atoms with Gasteiger partial charge in [0, 0.05) is 29.3 Å². The molecule has 0 saturated carbocycles. The number of rotatable bonds is 0. The molecule has 0 spiro atoms. The van der Waals surface area contributed by atoms with Gasteiger partial charge in [-0.25, -0.2) is 9.78 Å². The van der Waals surface area contributed by atoms with Crippen molar-refractivity contribution in [2.75, 3.05) is 6.54 Å². The minimum Gasteiger partial charge on any atom is -0.444 e. The first-order valence-corrected chi connectivity index (χ1v) is 7.76. The highest BCUT2D eigenvalue weighted by Crippen LogP contribution is 2.23. The fourth-order valence-electron chi connectivity index (χ4n) is 2.49. The first-order valence-electron chi connectivity index (χ1n) is 6.97. The van der Waals surface area contributed by atoms with Crippen LogP contribution in [0.2, 0.25) is 0 Å². The van der Waals surface area contributed by atoms with Crippen molar-refractivity contribution in [3.63, 3.8) is 0 Å². The highest BCUT2D eigenvalue weighted by atomic mass is 79.9. The van der Waals surface area contributed by atoms with Crippen molar-refractivity contribution in [3.8, 4) is 0 Å². The number of hydrogen-bond acceptors (Lipinski definition) is 3. The highest BCUT2D eigenvalue weighted by molar-refractivity contribution is 9.10. The summed E-state index contributed by atoms with van der Waals surface area (Å²) in [6.07, 6.45) is 2.53. The first-order chi connectivity index (χ1) is 9.83. The summed E-state index contributed by atoms with van der Waals surface area (Å²) in [5.41, 5.74) is 2.56. The van der Waals surface area contributed by atoms with Gasteiger partial charge in [-0.1, -0.05) is 0 Å². The molecular weight excluding hydrogens is 334 g/mol. The number of ether oxygens (including phenoxy) is 1. The van der Waals surface area contributed by atoms with E-state index in [4.69, 9.17) is 4.74 Å². The SMILES string of the molecule is CC(C)(C)OC(=O)N1CCc2c(nc3ccc(Br)cn23)C1. The average molecular weight is 352 g/mol. The second-order valence-electron chi connectivity index (χ2n) is 6.23. The number of fused-ring (bicyclic) bond motifs is 3. The second-order valence-corrected chi connectivity index (χ2v) is 7.15. The zero-order chi connectivity index (χ0) is 15.2. The van der Waals surface area contributed by atoms with Crippen molar-refractivity contribution in [2.24, 2.45) is 0 Å². The molecule has 0 radical (unpaired) electrons. The Morgan fingerprint density at radius 3 is 2.86 bits per heavy atom. The monoisotopic (exact) mass is 351 g/mol. The predicted molar refractivity (Wildman–Crippen MR) is 83.2 cm³/mol. The first kappa shape index (κ1) is 14.4. The van der Waals surface area contributed by atoms with Crippen LogP contribution >= 0.6 is 15.9 Å². The van der Waals surface area contributed by atoms with Crippen LogP contribution in [0.4, 0.5) is 4.79 Å². The van der Waals surface area contributed by atoms with Crippen molar-refractivity contribution in [2.45, 2.75) is 39.3 Å². The fourth-order valence-corrected chi connectivity index (χ4v) is 2.83. The summed E-state index contributed by atoms with van der Waals surface area (Å²) in [4.78, 5) is 18.5. The van der Waals surface area contributed by atoms with Crippen LogP contribution in [-0.4, -0.2) is 32.5 Å². The van der Waals surface area contributed by atoms with Crippen LogP contribution in [0.1, 0.15) is 32.2 Å². The molecule has 1 amide bonds. The largest absolute Gasteiger partial charge is 0.444 e. The molecule has 0 fully saturated rings. The van der Waals surface area contributed by atoms with E-state index in [0.717, 1.165) is 22.2 Å². The number of imidazole rings is 1. The summed E-state index contributed by atoms with van der Waals surface area (Å²) in [5, 5.41) is 0. The number of halogens is 1. The van der Waals surface area contributed by atoms with E-state index in [2.05, 4.69) is 25.3 Å².